The van der Waals surface area contributed by atoms with Gasteiger partial charge in [0.1, 0.15) is 5.69 Å². The van der Waals surface area contributed by atoms with E-state index in [0.717, 1.165) is 30.8 Å². The summed E-state index contributed by atoms with van der Waals surface area (Å²) in [6.45, 7) is 6.17. The smallest absolute Gasteiger partial charge is 0.104 e. The van der Waals surface area contributed by atoms with E-state index in [4.69, 9.17) is 5.10 Å². The summed E-state index contributed by atoms with van der Waals surface area (Å²) < 4.78 is 2.13. The van der Waals surface area contributed by atoms with Crippen molar-refractivity contribution in [1.82, 2.24) is 14.8 Å². The average Bonchev–Trinajstić information content (AvgIpc) is 2.91. The molecule has 4 rings (SSSR count). The molecule has 0 unspecified atom stereocenters. The number of rotatable bonds is 4. The van der Waals surface area contributed by atoms with Crippen LogP contribution in [-0.2, 0) is 6.54 Å². The fourth-order valence-corrected chi connectivity index (χ4v) is 4.17. The first-order valence-electron chi connectivity index (χ1n) is 7.73. The van der Waals surface area contributed by atoms with Gasteiger partial charge in [-0.2, -0.15) is 5.10 Å². The van der Waals surface area contributed by atoms with Crippen LogP contribution >= 0.6 is 11.8 Å². The fourth-order valence-electron chi connectivity index (χ4n) is 3.01. The molecular weight excluding hydrogens is 292 g/mol. The third-order valence-electron chi connectivity index (χ3n) is 3.92. The van der Waals surface area contributed by atoms with Crippen molar-refractivity contribution in [3.63, 3.8) is 0 Å². The minimum atomic E-state index is 0.917. The maximum atomic E-state index is 4.89. The number of pyridine rings is 1. The lowest BCUT2D eigenvalue weighted by molar-refractivity contribution is 0.624. The maximum Gasteiger partial charge on any atom is 0.104 e. The molecule has 22 heavy (non-hydrogen) atoms. The number of aromatic nitrogens is 3. The lowest BCUT2D eigenvalue weighted by atomic mass is 10.1. The number of hydrogen-bond donors (Lipinski definition) is 1. The quantitative estimate of drug-likeness (QED) is 0.606. The lowest BCUT2D eigenvalue weighted by Crippen LogP contribution is -2.00. The molecule has 3 aromatic rings. The van der Waals surface area contributed by atoms with Gasteiger partial charge in [0.15, 0.2) is 0 Å². The Balaban J connectivity index is 2.05. The molecule has 1 aliphatic heterocycles. The minimum Gasteiger partial charge on any atom is -0.384 e. The Kier molecular flexibility index (Phi) is 3.30. The standard InChI is InChI=1S/C17H18N4S/c1-3-9-21-13-6-5-12(19-4-2)17-15(13)16(20-21)11-10-18-8-7-14(11)22-17/h5-8,10,19H,3-4,9H2,1-2H3. The molecule has 0 bridgehead atoms. The van der Waals surface area contributed by atoms with Crippen LogP contribution in [0.25, 0.3) is 22.2 Å². The molecule has 0 amide bonds. The minimum absolute atomic E-state index is 0.917. The molecular formula is C17H18N4S. The molecule has 0 atom stereocenters. The number of nitrogens with one attached hydrogen (secondary N) is 1. The van der Waals surface area contributed by atoms with Crippen molar-refractivity contribution in [3.8, 4) is 11.3 Å². The van der Waals surface area contributed by atoms with Gasteiger partial charge >= 0.3 is 0 Å². The van der Waals surface area contributed by atoms with E-state index in [9.17, 15) is 0 Å². The number of anilines is 1. The molecule has 1 aliphatic rings. The van der Waals surface area contributed by atoms with Gasteiger partial charge in [0.2, 0.25) is 0 Å². The Hall–Kier alpha value is -2.01. The first-order chi connectivity index (χ1) is 10.8. The van der Waals surface area contributed by atoms with Crippen molar-refractivity contribution in [3.05, 3.63) is 30.6 Å². The van der Waals surface area contributed by atoms with Crippen LogP contribution in [0.3, 0.4) is 0 Å². The second-order valence-corrected chi connectivity index (χ2v) is 6.46. The monoisotopic (exact) mass is 310 g/mol. The van der Waals surface area contributed by atoms with Crippen LogP contribution in [0.15, 0.2) is 40.4 Å². The first-order valence-corrected chi connectivity index (χ1v) is 8.54. The average molecular weight is 310 g/mol. The Bertz CT molecular complexity index is 853. The highest BCUT2D eigenvalue weighted by Gasteiger charge is 2.25. The zero-order valence-corrected chi connectivity index (χ0v) is 13.6. The van der Waals surface area contributed by atoms with E-state index in [-0.39, 0.29) is 0 Å². The predicted octanol–water partition coefficient (Wildman–Crippen LogP) is 4.40. The Morgan fingerprint density at radius 2 is 2.14 bits per heavy atom. The van der Waals surface area contributed by atoms with Crippen molar-refractivity contribution >= 4 is 28.4 Å². The van der Waals surface area contributed by atoms with Gasteiger partial charge in [0.05, 0.1) is 5.52 Å². The van der Waals surface area contributed by atoms with Gasteiger partial charge in [-0.3, -0.25) is 9.67 Å². The van der Waals surface area contributed by atoms with Crippen molar-refractivity contribution in [1.29, 1.82) is 0 Å². The number of aryl methyl sites for hydroxylation is 1. The number of fused-ring (bicyclic) bond motifs is 2. The maximum absolute atomic E-state index is 4.89. The van der Waals surface area contributed by atoms with E-state index < -0.39 is 0 Å². The third kappa shape index (κ3) is 1.92. The van der Waals surface area contributed by atoms with Crippen molar-refractivity contribution in [2.45, 2.75) is 36.6 Å². The van der Waals surface area contributed by atoms with Gasteiger partial charge in [-0.25, -0.2) is 0 Å². The second-order valence-electron chi connectivity index (χ2n) is 5.41. The summed E-state index contributed by atoms with van der Waals surface area (Å²) in [6, 6.07) is 6.44. The van der Waals surface area contributed by atoms with Crippen LogP contribution in [-0.4, -0.2) is 21.3 Å². The number of nitrogens with zero attached hydrogens (tertiary/aromatic N) is 3. The van der Waals surface area contributed by atoms with E-state index in [1.807, 2.05) is 24.2 Å². The van der Waals surface area contributed by atoms with Crippen molar-refractivity contribution < 1.29 is 0 Å². The van der Waals surface area contributed by atoms with Crippen LogP contribution in [0.4, 0.5) is 5.69 Å². The van der Waals surface area contributed by atoms with Crippen molar-refractivity contribution in [2.24, 2.45) is 0 Å². The molecule has 0 saturated carbocycles. The van der Waals surface area contributed by atoms with Gasteiger partial charge in [-0.05, 0) is 31.5 Å². The normalized spacial score (nSPS) is 12.5. The molecule has 5 heteroatoms. The summed E-state index contributed by atoms with van der Waals surface area (Å²) in [5.41, 5.74) is 4.63. The van der Waals surface area contributed by atoms with E-state index in [1.54, 1.807) is 0 Å². The number of benzene rings is 1. The third-order valence-corrected chi connectivity index (χ3v) is 5.13. The largest absolute Gasteiger partial charge is 0.384 e. The summed E-state index contributed by atoms with van der Waals surface area (Å²) in [5.74, 6) is 0. The van der Waals surface area contributed by atoms with Gasteiger partial charge in [-0.1, -0.05) is 18.7 Å². The van der Waals surface area contributed by atoms with E-state index in [1.165, 1.54) is 26.4 Å². The molecule has 3 heterocycles. The van der Waals surface area contributed by atoms with Crippen LogP contribution in [0.2, 0.25) is 0 Å². The summed E-state index contributed by atoms with van der Waals surface area (Å²) in [5, 5.41) is 9.63. The molecule has 0 saturated heterocycles. The van der Waals surface area contributed by atoms with Gasteiger partial charge in [0.25, 0.3) is 0 Å². The highest BCUT2D eigenvalue weighted by atomic mass is 32.2. The Labute approximate surface area is 133 Å². The summed E-state index contributed by atoms with van der Waals surface area (Å²) in [7, 11) is 0. The molecule has 0 spiro atoms. The van der Waals surface area contributed by atoms with E-state index in [0.29, 0.717) is 0 Å². The zero-order valence-electron chi connectivity index (χ0n) is 12.8. The molecule has 1 N–H and O–H groups in total. The highest BCUT2D eigenvalue weighted by Crippen LogP contribution is 2.50. The first kappa shape index (κ1) is 13.6. The van der Waals surface area contributed by atoms with Gasteiger partial charge < -0.3 is 5.32 Å². The van der Waals surface area contributed by atoms with Crippen LogP contribution in [0.1, 0.15) is 20.3 Å². The van der Waals surface area contributed by atoms with Gasteiger partial charge in [-0.15, -0.1) is 0 Å². The topological polar surface area (TPSA) is 42.7 Å². The molecule has 1 aromatic carbocycles. The predicted molar refractivity (Wildman–Crippen MR) is 91.5 cm³/mol. The molecule has 0 aliphatic carbocycles. The fraction of sp³-hybridized carbons (Fsp3) is 0.294. The van der Waals surface area contributed by atoms with Crippen LogP contribution in [0.5, 0.6) is 0 Å². The Morgan fingerprint density at radius 1 is 1.23 bits per heavy atom. The second kappa shape index (κ2) is 5.32. The lowest BCUT2D eigenvalue weighted by Gasteiger charge is -2.18. The van der Waals surface area contributed by atoms with Crippen LogP contribution < -0.4 is 5.32 Å². The van der Waals surface area contributed by atoms with E-state index in [2.05, 4.69) is 47.0 Å². The summed E-state index contributed by atoms with van der Waals surface area (Å²) >= 11 is 1.82. The summed E-state index contributed by atoms with van der Waals surface area (Å²) in [4.78, 5) is 6.81. The summed E-state index contributed by atoms with van der Waals surface area (Å²) in [6.07, 6.45) is 4.86. The molecule has 112 valence electrons. The highest BCUT2D eigenvalue weighted by molar-refractivity contribution is 8.00. The zero-order chi connectivity index (χ0) is 15.1. The molecule has 2 aromatic heterocycles. The molecule has 0 fully saturated rings. The van der Waals surface area contributed by atoms with E-state index >= 15 is 0 Å². The SMILES string of the molecule is CCCn1nc2c3c(c(NCC)ccc31)Sc1ccncc1-2. The number of hydrogen-bond acceptors (Lipinski definition) is 4. The molecule has 4 nitrogen and oxygen atoms in total. The van der Waals surface area contributed by atoms with Crippen molar-refractivity contribution in [2.75, 3.05) is 11.9 Å². The Morgan fingerprint density at radius 3 is 2.95 bits per heavy atom. The van der Waals surface area contributed by atoms with Gasteiger partial charge in [0, 0.05) is 51.9 Å². The molecule has 0 radical (unpaired) electrons. The van der Waals surface area contributed by atoms with Crippen LogP contribution in [0, 0.1) is 0 Å².